The molecule has 0 radical (unpaired) electrons. The van der Waals surface area contributed by atoms with Gasteiger partial charge in [0.1, 0.15) is 0 Å². The van der Waals surface area contributed by atoms with Crippen LogP contribution in [-0.4, -0.2) is 30.2 Å². The maximum atomic E-state index is 12.6. The first-order valence-electron chi connectivity index (χ1n) is 8.74. The predicted molar refractivity (Wildman–Crippen MR) is 99.8 cm³/mol. The molecule has 2 aromatic carbocycles. The molecule has 1 N–H and O–H groups in total. The molecule has 25 heavy (non-hydrogen) atoms. The zero-order valence-electron chi connectivity index (χ0n) is 14.8. The molecule has 4 heteroatoms. The van der Waals surface area contributed by atoms with Gasteiger partial charge in [-0.25, -0.2) is 0 Å². The first kappa shape index (κ1) is 17.2. The number of Topliss-reactive ketones (excluding diaryl/α,β-unsaturated/α-hetero) is 1. The number of ketones is 1. The van der Waals surface area contributed by atoms with Crippen molar-refractivity contribution in [1.82, 2.24) is 4.90 Å². The van der Waals surface area contributed by atoms with Crippen LogP contribution in [0.3, 0.4) is 0 Å². The third kappa shape index (κ3) is 3.90. The lowest BCUT2D eigenvalue weighted by molar-refractivity contribution is -0.130. The number of rotatable bonds is 5. The summed E-state index contributed by atoms with van der Waals surface area (Å²) in [5.74, 6) is 0.107. The third-order valence-corrected chi connectivity index (χ3v) is 4.93. The smallest absolute Gasteiger partial charge is 0.242 e. The van der Waals surface area contributed by atoms with Gasteiger partial charge in [0.05, 0.1) is 12.6 Å². The highest BCUT2D eigenvalue weighted by molar-refractivity contribution is 5.94. The molecule has 0 aromatic heterocycles. The van der Waals surface area contributed by atoms with E-state index in [1.807, 2.05) is 30.1 Å². The van der Waals surface area contributed by atoms with Crippen molar-refractivity contribution in [2.45, 2.75) is 32.2 Å². The fraction of sp³-hybridized carbons (Fsp3) is 0.333. The average Bonchev–Trinajstić information content (AvgIpc) is 2.65. The zero-order chi connectivity index (χ0) is 17.8. The Morgan fingerprint density at radius 3 is 2.56 bits per heavy atom. The second kappa shape index (κ2) is 7.51. The van der Waals surface area contributed by atoms with Gasteiger partial charge in [-0.15, -0.1) is 0 Å². The van der Waals surface area contributed by atoms with E-state index in [-0.39, 0.29) is 24.3 Å². The fourth-order valence-electron chi connectivity index (χ4n) is 3.43. The summed E-state index contributed by atoms with van der Waals surface area (Å²) in [4.78, 5) is 25.8. The summed E-state index contributed by atoms with van der Waals surface area (Å²) in [5, 5.41) is 3.15. The van der Waals surface area contributed by atoms with Gasteiger partial charge >= 0.3 is 0 Å². The normalized spacial score (nSPS) is 16.0. The minimum absolute atomic E-state index is 0.0401. The minimum Gasteiger partial charge on any atom is -0.376 e. The van der Waals surface area contributed by atoms with Crippen molar-refractivity contribution in [1.29, 1.82) is 0 Å². The molecule has 0 saturated heterocycles. The van der Waals surface area contributed by atoms with E-state index in [4.69, 9.17) is 0 Å². The zero-order valence-corrected chi connectivity index (χ0v) is 14.8. The number of carbonyl (C=O) groups excluding carboxylic acids is 2. The lowest BCUT2D eigenvalue weighted by atomic mass is 9.87. The van der Waals surface area contributed by atoms with E-state index in [1.54, 1.807) is 19.1 Å². The fourth-order valence-corrected chi connectivity index (χ4v) is 3.43. The van der Waals surface area contributed by atoms with Gasteiger partial charge in [0.15, 0.2) is 5.78 Å². The summed E-state index contributed by atoms with van der Waals surface area (Å²) in [7, 11) is 1.88. The summed E-state index contributed by atoms with van der Waals surface area (Å²) < 4.78 is 0. The summed E-state index contributed by atoms with van der Waals surface area (Å²) in [6.45, 7) is 1.79. The molecule has 1 atom stereocenters. The SMILES string of the molecule is CC(=O)c1ccc(NCC(=O)N(C)[C@@H]2CCCc3ccccc32)cc1. The summed E-state index contributed by atoms with van der Waals surface area (Å²) >= 11 is 0. The molecule has 130 valence electrons. The van der Waals surface area contributed by atoms with E-state index in [0.29, 0.717) is 5.56 Å². The van der Waals surface area contributed by atoms with Gasteiger partial charge in [-0.3, -0.25) is 9.59 Å². The molecular formula is C21H24N2O2. The Bertz CT molecular complexity index is 768. The van der Waals surface area contributed by atoms with Crippen LogP contribution in [0.1, 0.15) is 47.3 Å². The van der Waals surface area contributed by atoms with Crippen LogP contribution in [0.5, 0.6) is 0 Å². The van der Waals surface area contributed by atoms with Crippen LogP contribution in [0, 0.1) is 0 Å². The molecule has 3 rings (SSSR count). The maximum absolute atomic E-state index is 12.6. The predicted octanol–water partition coefficient (Wildman–Crippen LogP) is 3.84. The number of aryl methyl sites for hydroxylation is 1. The second-order valence-corrected chi connectivity index (χ2v) is 6.60. The molecule has 0 heterocycles. The molecule has 0 aliphatic heterocycles. The quantitative estimate of drug-likeness (QED) is 0.844. The van der Waals surface area contributed by atoms with Crippen molar-refractivity contribution < 1.29 is 9.59 Å². The highest BCUT2D eigenvalue weighted by atomic mass is 16.2. The van der Waals surface area contributed by atoms with E-state index in [2.05, 4.69) is 23.5 Å². The Morgan fingerprint density at radius 1 is 1.12 bits per heavy atom. The number of fused-ring (bicyclic) bond motifs is 1. The van der Waals surface area contributed by atoms with Crippen molar-refractivity contribution in [2.75, 3.05) is 18.9 Å². The van der Waals surface area contributed by atoms with Gasteiger partial charge < -0.3 is 10.2 Å². The van der Waals surface area contributed by atoms with Crippen LogP contribution >= 0.6 is 0 Å². The number of likely N-dealkylation sites (N-methyl/N-ethyl adjacent to an activating group) is 1. The first-order chi connectivity index (χ1) is 12.1. The van der Waals surface area contributed by atoms with Gasteiger partial charge in [0, 0.05) is 18.3 Å². The van der Waals surface area contributed by atoms with Gasteiger partial charge in [-0.1, -0.05) is 24.3 Å². The number of benzene rings is 2. The average molecular weight is 336 g/mol. The van der Waals surface area contributed by atoms with Crippen LogP contribution in [0.4, 0.5) is 5.69 Å². The number of hydrogen-bond donors (Lipinski definition) is 1. The molecule has 0 saturated carbocycles. The van der Waals surface area contributed by atoms with Crippen molar-refractivity contribution in [3.05, 3.63) is 65.2 Å². The molecule has 0 unspecified atom stereocenters. The molecule has 0 bridgehead atoms. The topological polar surface area (TPSA) is 49.4 Å². The van der Waals surface area contributed by atoms with Gasteiger partial charge in [-0.05, 0) is 61.6 Å². The number of nitrogens with one attached hydrogen (secondary N) is 1. The van der Waals surface area contributed by atoms with Crippen LogP contribution in [-0.2, 0) is 11.2 Å². The Balaban J connectivity index is 1.63. The minimum atomic E-state index is 0.0401. The van der Waals surface area contributed by atoms with Crippen molar-refractivity contribution >= 4 is 17.4 Å². The molecular weight excluding hydrogens is 312 g/mol. The molecule has 1 amide bonds. The Labute approximate surface area is 148 Å². The highest BCUT2D eigenvalue weighted by Gasteiger charge is 2.26. The van der Waals surface area contributed by atoms with Crippen LogP contribution < -0.4 is 5.32 Å². The number of amides is 1. The number of anilines is 1. The summed E-state index contributed by atoms with van der Waals surface area (Å²) in [6, 6.07) is 15.8. The number of carbonyl (C=O) groups is 2. The molecule has 1 aliphatic rings. The Morgan fingerprint density at radius 2 is 1.84 bits per heavy atom. The molecule has 1 aliphatic carbocycles. The van der Waals surface area contributed by atoms with E-state index < -0.39 is 0 Å². The highest BCUT2D eigenvalue weighted by Crippen LogP contribution is 2.33. The number of nitrogens with zero attached hydrogens (tertiary/aromatic N) is 1. The largest absolute Gasteiger partial charge is 0.376 e. The Hall–Kier alpha value is -2.62. The molecule has 0 fully saturated rings. The van der Waals surface area contributed by atoms with Crippen molar-refractivity contribution in [3.63, 3.8) is 0 Å². The first-order valence-corrected chi connectivity index (χ1v) is 8.74. The summed E-state index contributed by atoms with van der Waals surface area (Å²) in [6.07, 6.45) is 3.21. The van der Waals surface area contributed by atoms with E-state index in [9.17, 15) is 9.59 Å². The molecule has 0 spiro atoms. The van der Waals surface area contributed by atoms with E-state index in [0.717, 1.165) is 24.9 Å². The van der Waals surface area contributed by atoms with Gasteiger partial charge in [-0.2, -0.15) is 0 Å². The third-order valence-electron chi connectivity index (χ3n) is 4.93. The van der Waals surface area contributed by atoms with Crippen LogP contribution in [0.15, 0.2) is 48.5 Å². The van der Waals surface area contributed by atoms with E-state index in [1.165, 1.54) is 11.1 Å². The monoisotopic (exact) mass is 336 g/mol. The molecule has 4 nitrogen and oxygen atoms in total. The van der Waals surface area contributed by atoms with Crippen LogP contribution in [0.25, 0.3) is 0 Å². The summed E-state index contributed by atoms with van der Waals surface area (Å²) in [5.41, 5.74) is 4.14. The Kier molecular flexibility index (Phi) is 5.17. The maximum Gasteiger partial charge on any atom is 0.242 e. The van der Waals surface area contributed by atoms with Gasteiger partial charge in [0.2, 0.25) is 5.91 Å². The lowest BCUT2D eigenvalue weighted by Crippen LogP contribution is -2.36. The van der Waals surface area contributed by atoms with E-state index >= 15 is 0 Å². The standard InChI is InChI=1S/C21H24N2O2/c1-15(24)16-10-12-18(13-11-16)22-14-21(25)23(2)20-9-5-7-17-6-3-4-8-19(17)20/h3-4,6,8,10-13,20,22H,5,7,9,14H2,1-2H3/t20-/m1/s1. The van der Waals surface area contributed by atoms with Gasteiger partial charge in [0.25, 0.3) is 0 Å². The lowest BCUT2D eigenvalue weighted by Gasteiger charge is -2.33. The van der Waals surface area contributed by atoms with Crippen LogP contribution in [0.2, 0.25) is 0 Å². The van der Waals surface area contributed by atoms with Crippen molar-refractivity contribution in [2.24, 2.45) is 0 Å². The molecule has 2 aromatic rings. The number of hydrogen-bond acceptors (Lipinski definition) is 3. The van der Waals surface area contributed by atoms with Crippen molar-refractivity contribution in [3.8, 4) is 0 Å². The second-order valence-electron chi connectivity index (χ2n) is 6.60.